The predicted molar refractivity (Wildman–Crippen MR) is 67.2 cm³/mol. The lowest BCUT2D eigenvalue weighted by Crippen LogP contribution is -2.43. The molecule has 0 spiro atoms. The number of amides is 1. The summed E-state index contributed by atoms with van der Waals surface area (Å²) in [7, 11) is 2.94. The number of nitro benzene ring substituents is 1. The standard InChI is InChI=1S/C12H14N2O5/c1-18-6-12(7-19-2)9-5-8(14(16)17)3-4-10(9)13-11(12)15/h3-5H,6-7H2,1-2H3,(H,13,15). The van der Waals surface area contributed by atoms with Gasteiger partial charge in [0, 0.05) is 37.6 Å². The third kappa shape index (κ3) is 2.06. The number of methoxy groups -OCH3 is 2. The molecule has 0 aliphatic carbocycles. The summed E-state index contributed by atoms with van der Waals surface area (Å²) < 4.78 is 10.2. The molecular formula is C12H14N2O5. The second-order valence-electron chi connectivity index (χ2n) is 4.39. The molecule has 1 aromatic carbocycles. The molecule has 0 saturated carbocycles. The molecule has 1 amide bonds. The van der Waals surface area contributed by atoms with Crippen LogP contribution in [0.2, 0.25) is 0 Å². The largest absolute Gasteiger partial charge is 0.383 e. The first kappa shape index (κ1) is 13.4. The second kappa shape index (κ2) is 4.94. The molecule has 0 bridgehead atoms. The van der Waals surface area contributed by atoms with Gasteiger partial charge in [0.15, 0.2) is 0 Å². The molecule has 0 atom stereocenters. The molecule has 1 aliphatic heterocycles. The Hall–Kier alpha value is -1.99. The van der Waals surface area contributed by atoms with Crippen molar-refractivity contribution in [3.05, 3.63) is 33.9 Å². The van der Waals surface area contributed by atoms with E-state index in [4.69, 9.17) is 9.47 Å². The summed E-state index contributed by atoms with van der Waals surface area (Å²) in [6.07, 6.45) is 0. The van der Waals surface area contributed by atoms with Crippen LogP contribution in [0.4, 0.5) is 11.4 Å². The van der Waals surface area contributed by atoms with E-state index >= 15 is 0 Å². The van der Waals surface area contributed by atoms with Crippen molar-refractivity contribution in [2.45, 2.75) is 5.41 Å². The molecule has 0 unspecified atom stereocenters. The fourth-order valence-corrected chi connectivity index (χ4v) is 2.34. The fourth-order valence-electron chi connectivity index (χ4n) is 2.34. The summed E-state index contributed by atoms with van der Waals surface area (Å²) >= 11 is 0. The Morgan fingerprint density at radius 2 is 1.95 bits per heavy atom. The van der Waals surface area contributed by atoms with E-state index < -0.39 is 10.3 Å². The van der Waals surface area contributed by atoms with Crippen molar-refractivity contribution in [3.8, 4) is 0 Å². The molecule has 1 aliphatic rings. The van der Waals surface area contributed by atoms with E-state index in [0.717, 1.165) is 0 Å². The Balaban J connectivity index is 2.55. The van der Waals surface area contributed by atoms with E-state index in [1.54, 1.807) is 0 Å². The minimum absolute atomic E-state index is 0.0631. The number of hydrogen-bond acceptors (Lipinski definition) is 5. The average molecular weight is 266 g/mol. The third-order valence-corrected chi connectivity index (χ3v) is 3.19. The van der Waals surface area contributed by atoms with Crippen molar-refractivity contribution in [1.29, 1.82) is 0 Å². The van der Waals surface area contributed by atoms with Crippen LogP contribution in [0.15, 0.2) is 18.2 Å². The number of hydrogen-bond donors (Lipinski definition) is 1. The van der Waals surface area contributed by atoms with Crippen LogP contribution >= 0.6 is 0 Å². The maximum Gasteiger partial charge on any atom is 0.269 e. The SMILES string of the molecule is COCC1(COC)C(=O)Nc2ccc([N+](=O)[O-])cc21. The number of benzene rings is 1. The Bertz CT molecular complexity index is 523. The van der Waals surface area contributed by atoms with E-state index in [2.05, 4.69) is 5.32 Å². The van der Waals surface area contributed by atoms with Gasteiger partial charge in [0.2, 0.25) is 5.91 Å². The highest BCUT2D eigenvalue weighted by Gasteiger charge is 2.48. The summed E-state index contributed by atoms with van der Waals surface area (Å²) in [6, 6.07) is 4.28. The minimum atomic E-state index is -1.04. The maximum absolute atomic E-state index is 12.2. The van der Waals surface area contributed by atoms with Crippen LogP contribution in [-0.2, 0) is 19.7 Å². The summed E-state index contributed by atoms with van der Waals surface area (Å²) in [5.74, 6) is -0.272. The maximum atomic E-state index is 12.2. The number of carbonyl (C=O) groups excluding carboxylic acids is 1. The van der Waals surface area contributed by atoms with Gasteiger partial charge in [-0.15, -0.1) is 0 Å². The van der Waals surface area contributed by atoms with Crippen molar-refractivity contribution in [3.63, 3.8) is 0 Å². The van der Waals surface area contributed by atoms with Gasteiger partial charge in [-0.2, -0.15) is 0 Å². The van der Waals surface area contributed by atoms with Gasteiger partial charge in [0.1, 0.15) is 5.41 Å². The zero-order valence-electron chi connectivity index (χ0n) is 10.6. The first-order chi connectivity index (χ1) is 9.05. The molecule has 0 saturated heterocycles. The van der Waals surface area contributed by atoms with Crippen LogP contribution in [0.5, 0.6) is 0 Å². The van der Waals surface area contributed by atoms with Gasteiger partial charge < -0.3 is 14.8 Å². The van der Waals surface area contributed by atoms with E-state index in [0.29, 0.717) is 11.3 Å². The quantitative estimate of drug-likeness (QED) is 0.636. The number of rotatable bonds is 5. The van der Waals surface area contributed by atoms with Gasteiger partial charge in [0.05, 0.1) is 18.1 Å². The van der Waals surface area contributed by atoms with E-state index in [9.17, 15) is 14.9 Å². The first-order valence-corrected chi connectivity index (χ1v) is 5.63. The third-order valence-electron chi connectivity index (χ3n) is 3.19. The first-order valence-electron chi connectivity index (χ1n) is 5.63. The number of ether oxygens (including phenoxy) is 2. The molecule has 0 aromatic heterocycles. The molecule has 2 rings (SSSR count). The van der Waals surface area contributed by atoms with Gasteiger partial charge >= 0.3 is 0 Å². The molecular weight excluding hydrogens is 252 g/mol. The monoisotopic (exact) mass is 266 g/mol. The van der Waals surface area contributed by atoms with Crippen LogP contribution in [0, 0.1) is 10.1 Å². The average Bonchev–Trinajstić information content (AvgIpc) is 2.63. The number of nitrogens with one attached hydrogen (secondary N) is 1. The number of fused-ring (bicyclic) bond motifs is 1. The van der Waals surface area contributed by atoms with E-state index in [1.807, 2.05) is 0 Å². The number of nitrogens with zero attached hydrogens (tertiary/aromatic N) is 1. The van der Waals surface area contributed by atoms with Crippen LogP contribution in [-0.4, -0.2) is 38.3 Å². The Morgan fingerprint density at radius 1 is 1.32 bits per heavy atom. The normalized spacial score (nSPS) is 16.0. The number of carbonyl (C=O) groups is 1. The summed E-state index contributed by atoms with van der Waals surface area (Å²) in [5.41, 5.74) is -0.00266. The smallest absolute Gasteiger partial charge is 0.269 e. The molecule has 0 radical (unpaired) electrons. The van der Waals surface area contributed by atoms with Crippen LogP contribution < -0.4 is 5.32 Å². The lowest BCUT2D eigenvalue weighted by Gasteiger charge is -2.25. The van der Waals surface area contributed by atoms with Crippen molar-refractivity contribution in [2.24, 2.45) is 0 Å². The number of nitro groups is 1. The summed E-state index contributed by atoms with van der Waals surface area (Å²) in [5, 5.41) is 13.5. The highest BCUT2D eigenvalue weighted by Crippen LogP contribution is 2.40. The molecule has 1 heterocycles. The Kier molecular flexibility index (Phi) is 3.50. The molecule has 0 fully saturated rings. The van der Waals surface area contributed by atoms with Gasteiger partial charge in [-0.3, -0.25) is 14.9 Å². The van der Waals surface area contributed by atoms with Crippen LogP contribution in [0.3, 0.4) is 0 Å². The number of anilines is 1. The van der Waals surface area contributed by atoms with E-state index in [-0.39, 0.29) is 24.8 Å². The minimum Gasteiger partial charge on any atom is -0.383 e. The predicted octanol–water partition coefficient (Wildman–Crippen LogP) is 1.08. The molecule has 1 aromatic rings. The Morgan fingerprint density at radius 3 is 2.47 bits per heavy atom. The highest BCUT2D eigenvalue weighted by molar-refractivity contribution is 6.06. The van der Waals surface area contributed by atoms with Gasteiger partial charge in [-0.25, -0.2) is 0 Å². The van der Waals surface area contributed by atoms with Gasteiger partial charge in [-0.1, -0.05) is 0 Å². The summed E-state index contributed by atoms with van der Waals surface area (Å²) in [6.45, 7) is 0.196. The Labute approximate surface area is 109 Å². The van der Waals surface area contributed by atoms with Crippen molar-refractivity contribution < 1.29 is 19.2 Å². The van der Waals surface area contributed by atoms with Crippen molar-refractivity contribution in [2.75, 3.05) is 32.8 Å². The molecule has 19 heavy (non-hydrogen) atoms. The molecule has 1 N–H and O–H groups in total. The topological polar surface area (TPSA) is 90.7 Å². The van der Waals surface area contributed by atoms with Crippen LogP contribution in [0.1, 0.15) is 5.56 Å². The van der Waals surface area contributed by atoms with Crippen LogP contribution in [0.25, 0.3) is 0 Å². The van der Waals surface area contributed by atoms with Gasteiger partial charge in [-0.05, 0) is 6.07 Å². The summed E-state index contributed by atoms with van der Waals surface area (Å²) in [4.78, 5) is 22.5. The fraction of sp³-hybridized carbons (Fsp3) is 0.417. The van der Waals surface area contributed by atoms with Gasteiger partial charge in [0.25, 0.3) is 5.69 Å². The van der Waals surface area contributed by atoms with Crippen molar-refractivity contribution in [1.82, 2.24) is 0 Å². The lowest BCUT2D eigenvalue weighted by molar-refractivity contribution is -0.384. The van der Waals surface area contributed by atoms with E-state index in [1.165, 1.54) is 32.4 Å². The highest BCUT2D eigenvalue weighted by atomic mass is 16.6. The zero-order chi connectivity index (χ0) is 14.0. The lowest BCUT2D eigenvalue weighted by atomic mass is 9.83. The molecule has 7 nitrogen and oxygen atoms in total. The zero-order valence-corrected chi connectivity index (χ0v) is 10.6. The number of non-ortho nitro benzene ring substituents is 1. The van der Waals surface area contributed by atoms with Crippen molar-refractivity contribution >= 4 is 17.3 Å². The molecule has 102 valence electrons. The second-order valence-corrected chi connectivity index (χ2v) is 4.39. The molecule has 7 heteroatoms.